The number of hydrogen-bond donors (Lipinski definition) is 0. The van der Waals surface area contributed by atoms with E-state index >= 15 is 0 Å². The summed E-state index contributed by atoms with van der Waals surface area (Å²) in [5, 5.41) is 0. The maximum Gasteiger partial charge on any atom is 0.0409 e. The number of nitrogens with zero attached hydrogens (tertiary/aromatic N) is 1. The van der Waals surface area contributed by atoms with Crippen molar-refractivity contribution in [3.05, 3.63) is 65.0 Å². The molecule has 2 rings (SSSR count). The zero-order valence-electron chi connectivity index (χ0n) is 19.6. The standard InChI is InChI=1S/C14H22.C13H21N/c1-11(2)8-13-6-5-7-14(10-13)9-12(3)4;1-10(2)8-12-6-5-7-13(14-12)9-11(3)4/h5-7,10-12H,8-9H2,1-4H3;5-7,10-11H,8-9H2,1-4H3. The third-order valence-electron chi connectivity index (χ3n) is 4.38. The minimum Gasteiger partial charge on any atom is -0.258 e. The predicted molar refractivity (Wildman–Crippen MR) is 125 cm³/mol. The van der Waals surface area contributed by atoms with Crippen molar-refractivity contribution in [2.75, 3.05) is 0 Å². The average Bonchev–Trinajstić information content (AvgIpc) is 2.53. The van der Waals surface area contributed by atoms with Crippen LogP contribution in [0.5, 0.6) is 0 Å². The van der Waals surface area contributed by atoms with Crippen LogP contribution >= 0.6 is 0 Å². The highest BCUT2D eigenvalue weighted by atomic mass is 14.7. The van der Waals surface area contributed by atoms with Gasteiger partial charge in [0.25, 0.3) is 0 Å². The Hall–Kier alpha value is -1.63. The van der Waals surface area contributed by atoms with Gasteiger partial charge in [0.1, 0.15) is 0 Å². The third-order valence-corrected chi connectivity index (χ3v) is 4.38. The fourth-order valence-electron chi connectivity index (χ4n) is 3.42. The molecule has 156 valence electrons. The number of hydrogen-bond acceptors (Lipinski definition) is 1. The molecule has 0 unspecified atom stereocenters. The molecule has 0 aliphatic carbocycles. The molecule has 28 heavy (non-hydrogen) atoms. The van der Waals surface area contributed by atoms with Crippen LogP contribution in [0.15, 0.2) is 42.5 Å². The van der Waals surface area contributed by atoms with Gasteiger partial charge in [-0.2, -0.15) is 0 Å². The predicted octanol–water partition coefficient (Wildman–Crippen LogP) is 7.56. The lowest BCUT2D eigenvalue weighted by atomic mass is 9.97. The van der Waals surface area contributed by atoms with Crippen LogP contribution in [-0.2, 0) is 25.7 Å². The molecule has 0 atom stereocenters. The Labute approximate surface area is 175 Å². The highest BCUT2D eigenvalue weighted by Gasteiger charge is 2.03. The molecule has 0 aliphatic heterocycles. The lowest BCUT2D eigenvalue weighted by Gasteiger charge is -2.09. The first-order valence-electron chi connectivity index (χ1n) is 11.2. The second-order valence-corrected chi connectivity index (χ2v) is 9.83. The number of aromatic nitrogens is 1. The Morgan fingerprint density at radius 2 is 0.893 bits per heavy atom. The fraction of sp³-hybridized carbons (Fsp3) is 0.593. The van der Waals surface area contributed by atoms with E-state index in [1.807, 2.05) is 0 Å². The molecular weight excluding hydrogens is 338 g/mol. The van der Waals surface area contributed by atoms with Gasteiger partial charge in [0, 0.05) is 11.4 Å². The summed E-state index contributed by atoms with van der Waals surface area (Å²) in [6.45, 7) is 18.0. The Bertz CT molecular complexity index is 557. The van der Waals surface area contributed by atoms with E-state index in [0.29, 0.717) is 11.8 Å². The zero-order valence-corrected chi connectivity index (χ0v) is 19.6. The van der Waals surface area contributed by atoms with Crippen molar-refractivity contribution in [2.24, 2.45) is 23.7 Å². The van der Waals surface area contributed by atoms with E-state index in [4.69, 9.17) is 0 Å². The monoisotopic (exact) mass is 381 g/mol. The fourth-order valence-corrected chi connectivity index (χ4v) is 3.42. The van der Waals surface area contributed by atoms with Crippen molar-refractivity contribution in [3.63, 3.8) is 0 Å². The lowest BCUT2D eigenvalue weighted by molar-refractivity contribution is 0.613. The molecule has 0 saturated heterocycles. The van der Waals surface area contributed by atoms with E-state index in [1.54, 1.807) is 0 Å². The van der Waals surface area contributed by atoms with E-state index in [0.717, 1.165) is 24.7 Å². The summed E-state index contributed by atoms with van der Waals surface area (Å²) in [6.07, 6.45) is 4.58. The topological polar surface area (TPSA) is 12.9 Å². The molecule has 2 aromatic rings. The van der Waals surface area contributed by atoms with Crippen LogP contribution in [0, 0.1) is 23.7 Å². The average molecular weight is 382 g/mol. The van der Waals surface area contributed by atoms with Gasteiger partial charge in [0.15, 0.2) is 0 Å². The Morgan fingerprint density at radius 3 is 1.25 bits per heavy atom. The molecule has 1 nitrogen and oxygen atoms in total. The van der Waals surface area contributed by atoms with Crippen LogP contribution in [-0.4, -0.2) is 4.98 Å². The van der Waals surface area contributed by atoms with Crippen molar-refractivity contribution < 1.29 is 0 Å². The molecule has 0 aliphatic rings. The van der Waals surface area contributed by atoms with Crippen LogP contribution in [0.25, 0.3) is 0 Å². The van der Waals surface area contributed by atoms with Crippen molar-refractivity contribution >= 4 is 0 Å². The zero-order chi connectivity index (χ0) is 21.1. The molecule has 1 aromatic heterocycles. The summed E-state index contributed by atoms with van der Waals surface area (Å²) in [4.78, 5) is 4.65. The minimum absolute atomic E-state index is 0.691. The molecule has 1 aromatic carbocycles. The van der Waals surface area contributed by atoms with Crippen LogP contribution in [0.4, 0.5) is 0 Å². The second kappa shape index (κ2) is 12.8. The molecule has 0 spiro atoms. The van der Waals surface area contributed by atoms with E-state index in [2.05, 4.69) is 103 Å². The molecule has 1 heterocycles. The van der Waals surface area contributed by atoms with Gasteiger partial charge in [-0.3, -0.25) is 4.98 Å². The highest BCUT2D eigenvalue weighted by molar-refractivity contribution is 5.24. The van der Waals surface area contributed by atoms with E-state index in [9.17, 15) is 0 Å². The lowest BCUT2D eigenvalue weighted by Crippen LogP contribution is -2.02. The van der Waals surface area contributed by atoms with Crippen molar-refractivity contribution in [2.45, 2.75) is 81.1 Å². The first-order chi connectivity index (χ1) is 13.2. The molecule has 0 N–H and O–H groups in total. The summed E-state index contributed by atoms with van der Waals surface area (Å²) in [5.74, 6) is 2.89. The van der Waals surface area contributed by atoms with E-state index < -0.39 is 0 Å². The van der Waals surface area contributed by atoms with Gasteiger partial charge < -0.3 is 0 Å². The maximum atomic E-state index is 4.65. The highest BCUT2D eigenvalue weighted by Crippen LogP contribution is 2.13. The molecule has 0 amide bonds. The Morgan fingerprint density at radius 1 is 0.536 bits per heavy atom. The van der Waals surface area contributed by atoms with Gasteiger partial charge in [-0.1, -0.05) is 85.7 Å². The molecule has 0 saturated carbocycles. The summed E-state index contributed by atoms with van der Waals surface area (Å²) in [6, 6.07) is 15.4. The SMILES string of the molecule is CC(C)Cc1cccc(CC(C)C)c1.CC(C)Cc1cccc(CC(C)C)n1. The van der Waals surface area contributed by atoms with Gasteiger partial charge in [-0.25, -0.2) is 0 Å². The second-order valence-electron chi connectivity index (χ2n) is 9.83. The largest absolute Gasteiger partial charge is 0.258 e. The first-order valence-corrected chi connectivity index (χ1v) is 11.2. The molecule has 0 fully saturated rings. The number of rotatable bonds is 8. The Kier molecular flexibility index (Phi) is 11.1. The van der Waals surface area contributed by atoms with Crippen molar-refractivity contribution in [3.8, 4) is 0 Å². The van der Waals surface area contributed by atoms with Gasteiger partial charge in [0.05, 0.1) is 0 Å². The Balaban J connectivity index is 0.000000280. The minimum atomic E-state index is 0.691. The molecule has 1 heteroatoms. The normalized spacial score (nSPS) is 11.3. The molecule has 0 radical (unpaired) electrons. The molecular formula is C27H43N. The first kappa shape index (κ1) is 24.4. The maximum absolute atomic E-state index is 4.65. The quantitative estimate of drug-likeness (QED) is 0.459. The number of pyridine rings is 1. The summed E-state index contributed by atoms with van der Waals surface area (Å²) >= 11 is 0. The summed E-state index contributed by atoms with van der Waals surface area (Å²) in [5.41, 5.74) is 5.44. The van der Waals surface area contributed by atoms with Crippen LogP contribution < -0.4 is 0 Å². The number of benzene rings is 1. The van der Waals surface area contributed by atoms with Gasteiger partial charge in [-0.15, -0.1) is 0 Å². The smallest absolute Gasteiger partial charge is 0.0409 e. The third kappa shape index (κ3) is 11.3. The van der Waals surface area contributed by atoms with Gasteiger partial charge >= 0.3 is 0 Å². The van der Waals surface area contributed by atoms with E-state index in [-0.39, 0.29) is 0 Å². The molecule has 0 bridgehead atoms. The van der Waals surface area contributed by atoms with Gasteiger partial charge in [0.2, 0.25) is 0 Å². The van der Waals surface area contributed by atoms with Crippen LogP contribution in [0.2, 0.25) is 0 Å². The van der Waals surface area contributed by atoms with Crippen LogP contribution in [0.1, 0.15) is 77.9 Å². The summed E-state index contributed by atoms with van der Waals surface area (Å²) in [7, 11) is 0. The summed E-state index contributed by atoms with van der Waals surface area (Å²) < 4.78 is 0. The van der Waals surface area contributed by atoms with Crippen molar-refractivity contribution in [1.29, 1.82) is 0 Å². The van der Waals surface area contributed by atoms with Crippen molar-refractivity contribution in [1.82, 2.24) is 4.98 Å². The van der Waals surface area contributed by atoms with Crippen LogP contribution in [0.3, 0.4) is 0 Å². The van der Waals surface area contributed by atoms with E-state index in [1.165, 1.54) is 35.4 Å². The van der Waals surface area contributed by atoms with Gasteiger partial charge in [-0.05, 0) is 72.6 Å².